The van der Waals surface area contributed by atoms with Crippen LogP contribution in [-0.4, -0.2) is 0 Å². The molecule has 0 unspecified atom stereocenters. The third kappa shape index (κ3) is 4.26. The van der Waals surface area contributed by atoms with E-state index in [1.165, 1.54) is 12.1 Å². The molecular weight excluding hydrogens is 301 g/mol. The average molecular weight is 323 g/mol. The fraction of sp³-hybridized carbons (Fsp3) is 0.100. The molecule has 3 rings (SSSR count). The molecule has 3 aromatic rings. The van der Waals surface area contributed by atoms with Crippen LogP contribution in [-0.2, 0) is 0 Å². The van der Waals surface area contributed by atoms with Crippen LogP contribution in [0.25, 0.3) is 11.1 Å². The van der Waals surface area contributed by atoms with Crippen LogP contribution in [0.3, 0.4) is 0 Å². The van der Waals surface area contributed by atoms with E-state index in [4.69, 9.17) is 11.5 Å². The minimum atomic E-state index is -0.253. The van der Waals surface area contributed by atoms with Gasteiger partial charge in [-0.25, -0.2) is 4.39 Å². The number of hydrogen-bond acceptors (Lipinski definition) is 3. The van der Waals surface area contributed by atoms with Crippen LogP contribution in [0.5, 0.6) is 0 Å². The van der Waals surface area contributed by atoms with E-state index < -0.39 is 0 Å². The molecule has 0 aromatic heterocycles. The van der Waals surface area contributed by atoms with E-state index in [1.807, 2.05) is 56.3 Å². The zero-order valence-electron chi connectivity index (χ0n) is 13.9. The van der Waals surface area contributed by atoms with Crippen LogP contribution in [0.2, 0.25) is 0 Å². The molecule has 0 aliphatic heterocycles. The standard InChI is InChI=1S/C18H16FN3.C2H6/c19-14-7-4-12(5-8-14)13-6-9-18(17(21)10-13)22-16-3-1-2-15(20)11-16;1-2/h1-11,22H,20-21H2;1-2H3. The van der Waals surface area contributed by atoms with Gasteiger partial charge < -0.3 is 16.8 Å². The fourth-order valence-corrected chi connectivity index (χ4v) is 2.27. The molecule has 0 amide bonds. The van der Waals surface area contributed by atoms with Crippen LogP contribution < -0.4 is 16.8 Å². The summed E-state index contributed by atoms with van der Waals surface area (Å²) in [5.74, 6) is -0.253. The monoisotopic (exact) mass is 323 g/mol. The Morgan fingerprint density at radius 3 is 2.08 bits per heavy atom. The molecule has 24 heavy (non-hydrogen) atoms. The second kappa shape index (κ2) is 8.02. The Bertz CT molecular complexity index is 798. The van der Waals surface area contributed by atoms with Gasteiger partial charge >= 0.3 is 0 Å². The van der Waals surface area contributed by atoms with E-state index in [0.29, 0.717) is 11.4 Å². The van der Waals surface area contributed by atoms with Crippen LogP contribution in [0, 0.1) is 5.82 Å². The number of nitrogen functional groups attached to an aromatic ring is 2. The molecule has 0 heterocycles. The van der Waals surface area contributed by atoms with Gasteiger partial charge in [-0.2, -0.15) is 0 Å². The van der Waals surface area contributed by atoms with E-state index in [1.54, 1.807) is 12.1 Å². The molecule has 124 valence electrons. The van der Waals surface area contributed by atoms with E-state index >= 15 is 0 Å². The largest absolute Gasteiger partial charge is 0.399 e. The minimum absolute atomic E-state index is 0.253. The summed E-state index contributed by atoms with van der Waals surface area (Å²) in [6, 6.07) is 19.5. The van der Waals surface area contributed by atoms with Gasteiger partial charge in [0.05, 0.1) is 11.4 Å². The quantitative estimate of drug-likeness (QED) is 0.563. The predicted octanol–water partition coefficient (Wildman–Crippen LogP) is 5.43. The molecule has 0 fully saturated rings. The molecule has 4 heteroatoms. The summed E-state index contributed by atoms with van der Waals surface area (Å²) in [5.41, 5.74) is 16.7. The summed E-state index contributed by atoms with van der Waals surface area (Å²) < 4.78 is 13.0. The summed E-state index contributed by atoms with van der Waals surface area (Å²) in [6.45, 7) is 4.00. The van der Waals surface area contributed by atoms with Crippen molar-refractivity contribution in [2.24, 2.45) is 0 Å². The van der Waals surface area contributed by atoms with E-state index in [0.717, 1.165) is 22.5 Å². The van der Waals surface area contributed by atoms with Gasteiger partial charge in [-0.3, -0.25) is 0 Å². The van der Waals surface area contributed by atoms with Gasteiger partial charge in [0.2, 0.25) is 0 Å². The molecule has 5 N–H and O–H groups in total. The number of halogens is 1. The first-order valence-corrected chi connectivity index (χ1v) is 7.90. The summed E-state index contributed by atoms with van der Waals surface area (Å²) in [4.78, 5) is 0. The zero-order valence-corrected chi connectivity index (χ0v) is 13.9. The lowest BCUT2D eigenvalue weighted by Crippen LogP contribution is -1.97. The molecule has 3 nitrogen and oxygen atoms in total. The highest BCUT2D eigenvalue weighted by Crippen LogP contribution is 2.29. The Hall–Kier alpha value is -3.01. The summed E-state index contributed by atoms with van der Waals surface area (Å²) in [6.07, 6.45) is 0. The number of rotatable bonds is 3. The van der Waals surface area contributed by atoms with Crippen LogP contribution in [0.4, 0.5) is 27.1 Å². The van der Waals surface area contributed by atoms with Crippen molar-refractivity contribution in [3.63, 3.8) is 0 Å². The van der Waals surface area contributed by atoms with Gasteiger partial charge in [0, 0.05) is 11.4 Å². The highest BCUT2D eigenvalue weighted by molar-refractivity contribution is 5.79. The smallest absolute Gasteiger partial charge is 0.123 e. The molecule has 0 bridgehead atoms. The summed E-state index contributed by atoms with van der Waals surface area (Å²) in [5, 5.41) is 3.24. The first-order valence-electron chi connectivity index (χ1n) is 7.90. The van der Waals surface area contributed by atoms with Crippen molar-refractivity contribution < 1.29 is 4.39 Å². The molecule has 0 aliphatic rings. The van der Waals surface area contributed by atoms with Crippen molar-refractivity contribution >= 4 is 22.7 Å². The third-order valence-corrected chi connectivity index (χ3v) is 3.39. The molecule has 0 radical (unpaired) electrons. The van der Waals surface area contributed by atoms with E-state index in [-0.39, 0.29) is 5.82 Å². The Kier molecular flexibility index (Phi) is 5.79. The van der Waals surface area contributed by atoms with Gasteiger partial charge in [0.1, 0.15) is 5.82 Å². The third-order valence-electron chi connectivity index (χ3n) is 3.39. The van der Waals surface area contributed by atoms with Crippen molar-refractivity contribution in [1.29, 1.82) is 0 Å². The van der Waals surface area contributed by atoms with Crippen molar-refractivity contribution in [2.45, 2.75) is 13.8 Å². The van der Waals surface area contributed by atoms with Crippen LogP contribution >= 0.6 is 0 Å². The lowest BCUT2D eigenvalue weighted by Gasteiger charge is -2.11. The van der Waals surface area contributed by atoms with Crippen molar-refractivity contribution in [3.05, 3.63) is 72.5 Å². The Labute approximate surface area is 142 Å². The fourth-order valence-electron chi connectivity index (χ4n) is 2.27. The normalized spacial score (nSPS) is 9.79. The highest BCUT2D eigenvalue weighted by Gasteiger charge is 2.04. The average Bonchev–Trinajstić information content (AvgIpc) is 2.59. The van der Waals surface area contributed by atoms with E-state index in [9.17, 15) is 4.39 Å². The molecule has 0 saturated heterocycles. The Balaban J connectivity index is 0.00000100. The zero-order chi connectivity index (χ0) is 17.5. The van der Waals surface area contributed by atoms with Gasteiger partial charge in [-0.1, -0.05) is 38.1 Å². The number of anilines is 4. The van der Waals surface area contributed by atoms with E-state index in [2.05, 4.69) is 5.32 Å². The van der Waals surface area contributed by atoms with Gasteiger partial charge in [-0.15, -0.1) is 0 Å². The first-order chi connectivity index (χ1) is 11.6. The molecule has 0 aliphatic carbocycles. The maximum absolute atomic E-state index is 13.0. The Morgan fingerprint density at radius 2 is 1.46 bits per heavy atom. The van der Waals surface area contributed by atoms with Crippen molar-refractivity contribution in [2.75, 3.05) is 16.8 Å². The maximum Gasteiger partial charge on any atom is 0.123 e. The number of nitrogens with two attached hydrogens (primary N) is 2. The number of hydrogen-bond donors (Lipinski definition) is 3. The Morgan fingerprint density at radius 1 is 0.792 bits per heavy atom. The second-order valence-electron chi connectivity index (χ2n) is 5.06. The summed E-state index contributed by atoms with van der Waals surface area (Å²) >= 11 is 0. The molecule has 3 aromatic carbocycles. The minimum Gasteiger partial charge on any atom is -0.399 e. The molecule has 0 saturated carbocycles. The van der Waals surface area contributed by atoms with Crippen molar-refractivity contribution in [3.8, 4) is 11.1 Å². The van der Waals surface area contributed by atoms with Gasteiger partial charge in [0.15, 0.2) is 0 Å². The first kappa shape index (κ1) is 17.3. The van der Waals surface area contributed by atoms with Crippen LogP contribution in [0.1, 0.15) is 13.8 Å². The molecule has 0 atom stereocenters. The van der Waals surface area contributed by atoms with Crippen LogP contribution in [0.15, 0.2) is 66.7 Å². The van der Waals surface area contributed by atoms with Crippen molar-refractivity contribution in [1.82, 2.24) is 0 Å². The SMILES string of the molecule is CC.Nc1cccc(Nc2ccc(-c3ccc(F)cc3)cc2N)c1. The second-order valence-corrected chi connectivity index (χ2v) is 5.06. The maximum atomic E-state index is 13.0. The predicted molar refractivity (Wildman–Crippen MR) is 102 cm³/mol. The van der Waals surface area contributed by atoms with Gasteiger partial charge in [-0.05, 0) is 53.6 Å². The lowest BCUT2D eigenvalue weighted by molar-refractivity contribution is 0.628. The molecular formula is C20H22FN3. The number of nitrogens with one attached hydrogen (secondary N) is 1. The summed E-state index contributed by atoms with van der Waals surface area (Å²) in [7, 11) is 0. The van der Waals surface area contributed by atoms with Gasteiger partial charge in [0.25, 0.3) is 0 Å². The number of benzene rings is 3. The topological polar surface area (TPSA) is 64.1 Å². The highest BCUT2D eigenvalue weighted by atomic mass is 19.1. The lowest BCUT2D eigenvalue weighted by atomic mass is 10.0. The molecule has 0 spiro atoms.